The number of pyridine rings is 1. The number of aromatic nitrogens is 1. The van der Waals surface area contributed by atoms with Crippen molar-refractivity contribution in [3.8, 4) is 0 Å². The molecule has 1 N–H and O–H groups in total. The van der Waals surface area contributed by atoms with E-state index in [2.05, 4.69) is 22.4 Å². The van der Waals surface area contributed by atoms with Crippen molar-refractivity contribution in [2.45, 2.75) is 13.0 Å². The smallest absolute Gasteiger partial charge is 0.152 e. The van der Waals surface area contributed by atoms with Crippen LogP contribution in [0.5, 0.6) is 0 Å². The zero-order valence-corrected chi connectivity index (χ0v) is 11.8. The molecule has 1 heterocycles. The molecule has 0 spiro atoms. The average Bonchev–Trinajstić information content (AvgIpc) is 2.43. The van der Waals surface area contributed by atoms with Gasteiger partial charge in [0.15, 0.2) is 5.15 Å². The summed E-state index contributed by atoms with van der Waals surface area (Å²) in [5.41, 5.74) is 3.05. The van der Waals surface area contributed by atoms with E-state index in [0.29, 0.717) is 11.8 Å². The predicted octanol–water partition coefficient (Wildman–Crippen LogP) is 3.84. The quantitative estimate of drug-likeness (QED) is 0.843. The van der Waals surface area contributed by atoms with E-state index in [1.807, 2.05) is 31.2 Å². The fraction of sp³-hybridized carbons (Fsp3) is 0.267. The number of hydrogen-bond donors (Lipinski definition) is 1. The Morgan fingerprint density at radius 3 is 2.74 bits per heavy atom. The Kier molecular flexibility index (Phi) is 4.77. The van der Waals surface area contributed by atoms with Crippen LogP contribution in [0, 0.1) is 6.92 Å². The Morgan fingerprint density at radius 2 is 2.05 bits per heavy atom. The topological polar surface area (TPSA) is 34.1 Å². The molecular weight excluding hydrogens is 260 g/mol. The Bertz CT molecular complexity index is 531. The first-order valence-electron chi connectivity index (χ1n) is 6.13. The number of halogens is 1. The van der Waals surface area contributed by atoms with Gasteiger partial charge >= 0.3 is 0 Å². The number of hydrogen-bond acceptors (Lipinski definition) is 3. The molecular formula is C15H17ClN2O. The average molecular weight is 277 g/mol. The third-order valence-electron chi connectivity index (χ3n) is 2.84. The van der Waals surface area contributed by atoms with Gasteiger partial charge in [-0.05, 0) is 24.1 Å². The number of ether oxygens (including phenoxy) is 1. The molecule has 1 atom stereocenters. The van der Waals surface area contributed by atoms with Crippen molar-refractivity contribution in [3.05, 3.63) is 58.9 Å². The monoisotopic (exact) mass is 276 g/mol. The lowest BCUT2D eigenvalue weighted by Gasteiger charge is -2.20. The maximum absolute atomic E-state index is 6.11. The van der Waals surface area contributed by atoms with E-state index < -0.39 is 0 Å². The molecule has 1 aromatic carbocycles. The minimum absolute atomic E-state index is 0.0484. The molecule has 100 valence electrons. The first kappa shape index (κ1) is 13.8. The van der Waals surface area contributed by atoms with E-state index in [9.17, 15) is 0 Å². The summed E-state index contributed by atoms with van der Waals surface area (Å²) in [6.45, 7) is 2.55. The number of nitrogens with zero attached hydrogens (tertiary/aromatic N) is 1. The van der Waals surface area contributed by atoms with E-state index >= 15 is 0 Å². The van der Waals surface area contributed by atoms with Crippen LogP contribution >= 0.6 is 11.6 Å². The van der Waals surface area contributed by atoms with Crippen molar-refractivity contribution >= 4 is 17.3 Å². The minimum atomic E-state index is 0.0484. The summed E-state index contributed by atoms with van der Waals surface area (Å²) in [5.74, 6) is 0. The van der Waals surface area contributed by atoms with Gasteiger partial charge in [0.25, 0.3) is 0 Å². The number of aryl methyl sites for hydroxylation is 1. The SMILES string of the molecule is COCC(Nc1cc(C)cnc1Cl)c1ccccc1. The van der Waals surface area contributed by atoms with Gasteiger partial charge in [-0.2, -0.15) is 0 Å². The van der Waals surface area contributed by atoms with E-state index in [-0.39, 0.29) is 6.04 Å². The standard InChI is InChI=1S/C15H17ClN2O/c1-11-8-13(15(16)17-9-11)18-14(10-19-2)12-6-4-3-5-7-12/h3-9,14,18H,10H2,1-2H3. The molecule has 1 aromatic heterocycles. The molecule has 19 heavy (non-hydrogen) atoms. The number of rotatable bonds is 5. The zero-order chi connectivity index (χ0) is 13.7. The van der Waals surface area contributed by atoms with Crippen LogP contribution in [0.15, 0.2) is 42.6 Å². The van der Waals surface area contributed by atoms with Crippen molar-refractivity contribution in [2.24, 2.45) is 0 Å². The lowest BCUT2D eigenvalue weighted by Crippen LogP contribution is -2.16. The van der Waals surface area contributed by atoms with Crippen LogP contribution in [0.4, 0.5) is 5.69 Å². The molecule has 0 aliphatic heterocycles. The maximum Gasteiger partial charge on any atom is 0.152 e. The predicted molar refractivity (Wildman–Crippen MR) is 78.7 cm³/mol. The normalized spacial score (nSPS) is 12.2. The van der Waals surface area contributed by atoms with Gasteiger partial charge in [-0.3, -0.25) is 0 Å². The van der Waals surface area contributed by atoms with Gasteiger partial charge in [-0.25, -0.2) is 4.98 Å². The van der Waals surface area contributed by atoms with Crippen molar-refractivity contribution in [3.63, 3.8) is 0 Å². The van der Waals surface area contributed by atoms with Gasteiger partial charge in [-0.15, -0.1) is 0 Å². The van der Waals surface area contributed by atoms with Gasteiger partial charge in [0, 0.05) is 13.3 Å². The van der Waals surface area contributed by atoms with Crippen LogP contribution in [-0.4, -0.2) is 18.7 Å². The Labute approximate surface area is 118 Å². The molecule has 0 aliphatic carbocycles. The third kappa shape index (κ3) is 3.69. The zero-order valence-electron chi connectivity index (χ0n) is 11.1. The Morgan fingerprint density at radius 1 is 1.32 bits per heavy atom. The number of benzene rings is 1. The van der Waals surface area contributed by atoms with Crippen LogP contribution in [-0.2, 0) is 4.74 Å². The number of nitrogens with one attached hydrogen (secondary N) is 1. The van der Waals surface area contributed by atoms with E-state index in [0.717, 1.165) is 16.8 Å². The van der Waals surface area contributed by atoms with Gasteiger partial charge in [-0.1, -0.05) is 41.9 Å². The second-order valence-corrected chi connectivity index (χ2v) is 4.77. The number of methoxy groups -OCH3 is 1. The molecule has 3 nitrogen and oxygen atoms in total. The summed E-state index contributed by atoms with van der Waals surface area (Å²) in [6, 6.07) is 12.2. The molecule has 0 aliphatic rings. The van der Waals surface area contributed by atoms with E-state index in [1.54, 1.807) is 13.3 Å². The molecule has 1 unspecified atom stereocenters. The van der Waals surface area contributed by atoms with Crippen LogP contribution in [0.25, 0.3) is 0 Å². The van der Waals surface area contributed by atoms with Crippen molar-refractivity contribution in [2.75, 3.05) is 19.0 Å². The molecule has 0 amide bonds. The highest BCUT2D eigenvalue weighted by atomic mass is 35.5. The van der Waals surface area contributed by atoms with Crippen LogP contribution in [0.1, 0.15) is 17.2 Å². The highest BCUT2D eigenvalue weighted by Gasteiger charge is 2.13. The molecule has 2 aromatic rings. The number of anilines is 1. The second kappa shape index (κ2) is 6.55. The fourth-order valence-corrected chi connectivity index (χ4v) is 2.07. The molecule has 0 saturated carbocycles. The van der Waals surface area contributed by atoms with Gasteiger partial charge < -0.3 is 10.1 Å². The highest BCUT2D eigenvalue weighted by molar-refractivity contribution is 6.32. The van der Waals surface area contributed by atoms with Crippen LogP contribution in [0.3, 0.4) is 0 Å². The van der Waals surface area contributed by atoms with Gasteiger partial charge in [0.1, 0.15) is 0 Å². The molecule has 0 saturated heterocycles. The molecule has 0 fully saturated rings. The van der Waals surface area contributed by atoms with Crippen LogP contribution < -0.4 is 5.32 Å². The minimum Gasteiger partial charge on any atom is -0.382 e. The highest BCUT2D eigenvalue weighted by Crippen LogP contribution is 2.25. The molecule has 0 radical (unpaired) electrons. The largest absolute Gasteiger partial charge is 0.382 e. The summed E-state index contributed by atoms with van der Waals surface area (Å²) in [6.07, 6.45) is 1.75. The van der Waals surface area contributed by atoms with Crippen molar-refractivity contribution in [1.29, 1.82) is 0 Å². The molecule has 0 bridgehead atoms. The Hall–Kier alpha value is -1.58. The van der Waals surface area contributed by atoms with Gasteiger partial charge in [0.05, 0.1) is 18.3 Å². The summed E-state index contributed by atoms with van der Waals surface area (Å²) in [7, 11) is 1.69. The Balaban J connectivity index is 2.24. The van der Waals surface area contributed by atoms with E-state index in [1.165, 1.54) is 0 Å². The van der Waals surface area contributed by atoms with Crippen LogP contribution in [0.2, 0.25) is 5.15 Å². The molecule has 2 rings (SSSR count). The lowest BCUT2D eigenvalue weighted by atomic mass is 10.1. The van der Waals surface area contributed by atoms with E-state index in [4.69, 9.17) is 16.3 Å². The summed E-state index contributed by atoms with van der Waals surface area (Å²) in [4.78, 5) is 4.15. The second-order valence-electron chi connectivity index (χ2n) is 4.41. The van der Waals surface area contributed by atoms with Gasteiger partial charge in [0.2, 0.25) is 0 Å². The van der Waals surface area contributed by atoms with Crippen molar-refractivity contribution < 1.29 is 4.74 Å². The summed E-state index contributed by atoms with van der Waals surface area (Å²) in [5, 5.41) is 3.86. The lowest BCUT2D eigenvalue weighted by molar-refractivity contribution is 0.186. The summed E-state index contributed by atoms with van der Waals surface area (Å²) >= 11 is 6.11. The third-order valence-corrected chi connectivity index (χ3v) is 3.14. The summed E-state index contributed by atoms with van der Waals surface area (Å²) < 4.78 is 5.27. The fourth-order valence-electron chi connectivity index (χ4n) is 1.91. The first-order valence-corrected chi connectivity index (χ1v) is 6.51. The van der Waals surface area contributed by atoms with Crippen molar-refractivity contribution in [1.82, 2.24) is 4.98 Å². The first-order chi connectivity index (χ1) is 9.20. The maximum atomic E-state index is 6.11. The molecule has 4 heteroatoms.